The quantitative estimate of drug-likeness (QED) is 0.880. The Morgan fingerprint density at radius 3 is 2.88 bits per heavy atom. The zero-order valence-electron chi connectivity index (χ0n) is 9.93. The molecule has 1 aromatic carbocycles. The molecule has 5 heteroatoms. The number of para-hydroxylation sites is 1. The maximum absolute atomic E-state index is 5.32. The fourth-order valence-corrected chi connectivity index (χ4v) is 2.39. The van der Waals surface area contributed by atoms with Crippen LogP contribution in [0.3, 0.4) is 0 Å². The molecule has 0 spiro atoms. The van der Waals surface area contributed by atoms with Gasteiger partial charge in [-0.1, -0.05) is 23.5 Å². The first-order chi connectivity index (χ1) is 8.35. The van der Waals surface area contributed by atoms with E-state index in [1.807, 2.05) is 31.3 Å². The second kappa shape index (κ2) is 5.75. The van der Waals surface area contributed by atoms with Crippen molar-refractivity contribution >= 4 is 11.3 Å². The molecule has 1 N–H and O–H groups in total. The van der Waals surface area contributed by atoms with Crippen molar-refractivity contribution in [3.63, 3.8) is 0 Å². The van der Waals surface area contributed by atoms with E-state index in [0.717, 1.165) is 34.3 Å². The minimum absolute atomic E-state index is 0.837. The summed E-state index contributed by atoms with van der Waals surface area (Å²) in [5, 5.41) is 13.4. The number of aromatic nitrogens is 2. The Balaban J connectivity index is 2.24. The molecule has 1 heterocycles. The summed E-state index contributed by atoms with van der Waals surface area (Å²) < 4.78 is 5.32. The van der Waals surface area contributed by atoms with Gasteiger partial charge in [-0.05, 0) is 19.2 Å². The topological polar surface area (TPSA) is 47.0 Å². The van der Waals surface area contributed by atoms with Gasteiger partial charge < -0.3 is 10.1 Å². The van der Waals surface area contributed by atoms with Crippen LogP contribution in [0.15, 0.2) is 24.3 Å². The molecule has 0 unspecified atom stereocenters. The minimum atomic E-state index is 0.837. The van der Waals surface area contributed by atoms with Gasteiger partial charge in [-0.2, -0.15) is 0 Å². The highest BCUT2D eigenvalue weighted by atomic mass is 32.1. The number of rotatable bonds is 5. The van der Waals surface area contributed by atoms with Crippen molar-refractivity contribution in [2.45, 2.75) is 6.42 Å². The third kappa shape index (κ3) is 2.81. The highest BCUT2D eigenvalue weighted by Crippen LogP contribution is 2.31. The lowest BCUT2D eigenvalue weighted by Crippen LogP contribution is -2.09. The normalized spacial score (nSPS) is 10.5. The SMILES string of the molecule is CNCCc1nnc(-c2ccccc2OC)s1. The van der Waals surface area contributed by atoms with E-state index < -0.39 is 0 Å². The first-order valence-corrected chi connectivity index (χ1v) is 6.27. The van der Waals surface area contributed by atoms with Crippen LogP contribution in [-0.2, 0) is 6.42 Å². The van der Waals surface area contributed by atoms with Crippen molar-refractivity contribution in [1.29, 1.82) is 0 Å². The smallest absolute Gasteiger partial charge is 0.151 e. The Kier molecular flexibility index (Phi) is 4.06. The zero-order valence-corrected chi connectivity index (χ0v) is 10.8. The second-order valence-electron chi connectivity index (χ2n) is 3.55. The summed E-state index contributed by atoms with van der Waals surface area (Å²) in [5.41, 5.74) is 1.00. The van der Waals surface area contributed by atoms with E-state index in [1.54, 1.807) is 18.4 Å². The van der Waals surface area contributed by atoms with Crippen molar-refractivity contribution in [3.05, 3.63) is 29.3 Å². The molecule has 0 aliphatic carbocycles. The first-order valence-electron chi connectivity index (χ1n) is 5.45. The predicted octanol–water partition coefficient (Wildman–Crippen LogP) is 1.98. The van der Waals surface area contributed by atoms with E-state index in [4.69, 9.17) is 4.74 Å². The molecule has 2 aromatic rings. The summed E-state index contributed by atoms with van der Waals surface area (Å²) in [6, 6.07) is 7.86. The van der Waals surface area contributed by atoms with Crippen LogP contribution in [0.25, 0.3) is 10.6 Å². The molecule has 4 nitrogen and oxygen atoms in total. The van der Waals surface area contributed by atoms with Gasteiger partial charge in [0.2, 0.25) is 0 Å². The van der Waals surface area contributed by atoms with E-state index in [-0.39, 0.29) is 0 Å². The van der Waals surface area contributed by atoms with Gasteiger partial charge in [-0.25, -0.2) is 0 Å². The van der Waals surface area contributed by atoms with Crippen LogP contribution in [-0.4, -0.2) is 30.9 Å². The predicted molar refractivity (Wildman–Crippen MR) is 69.5 cm³/mol. The number of methoxy groups -OCH3 is 1. The van der Waals surface area contributed by atoms with Gasteiger partial charge in [-0.3, -0.25) is 0 Å². The van der Waals surface area contributed by atoms with Crippen LogP contribution in [0, 0.1) is 0 Å². The Hall–Kier alpha value is -1.46. The van der Waals surface area contributed by atoms with Gasteiger partial charge in [0.05, 0.1) is 12.7 Å². The summed E-state index contributed by atoms with van der Waals surface area (Å²) >= 11 is 1.61. The fraction of sp³-hybridized carbons (Fsp3) is 0.333. The van der Waals surface area contributed by atoms with E-state index in [9.17, 15) is 0 Å². The van der Waals surface area contributed by atoms with E-state index in [2.05, 4.69) is 15.5 Å². The van der Waals surface area contributed by atoms with Crippen LogP contribution < -0.4 is 10.1 Å². The fourth-order valence-electron chi connectivity index (χ4n) is 1.52. The number of hydrogen-bond acceptors (Lipinski definition) is 5. The summed E-state index contributed by atoms with van der Waals surface area (Å²) in [7, 11) is 3.60. The Morgan fingerprint density at radius 2 is 2.12 bits per heavy atom. The molecule has 0 amide bonds. The van der Waals surface area contributed by atoms with Gasteiger partial charge in [0.15, 0.2) is 5.01 Å². The summed E-state index contributed by atoms with van der Waals surface area (Å²) in [4.78, 5) is 0. The zero-order chi connectivity index (χ0) is 12.1. The number of nitrogens with zero attached hydrogens (tertiary/aromatic N) is 2. The van der Waals surface area contributed by atoms with Crippen LogP contribution >= 0.6 is 11.3 Å². The van der Waals surface area contributed by atoms with Gasteiger partial charge >= 0.3 is 0 Å². The second-order valence-corrected chi connectivity index (χ2v) is 4.62. The van der Waals surface area contributed by atoms with Crippen molar-refractivity contribution in [3.8, 4) is 16.3 Å². The Labute approximate surface area is 105 Å². The largest absolute Gasteiger partial charge is 0.496 e. The molecule has 0 radical (unpaired) electrons. The highest BCUT2D eigenvalue weighted by Gasteiger charge is 2.10. The van der Waals surface area contributed by atoms with E-state index in [1.165, 1.54) is 0 Å². The third-order valence-corrected chi connectivity index (χ3v) is 3.41. The van der Waals surface area contributed by atoms with Gasteiger partial charge in [0.1, 0.15) is 10.8 Å². The van der Waals surface area contributed by atoms with Crippen molar-refractivity contribution in [2.24, 2.45) is 0 Å². The summed E-state index contributed by atoms with van der Waals surface area (Å²) in [6.45, 7) is 0.917. The molecule has 0 fully saturated rings. The lowest BCUT2D eigenvalue weighted by Gasteiger charge is -2.03. The monoisotopic (exact) mass is 249 g/mol. The standard InChI is InChI=1S/C12H15N3OS/c1-13-8-7-11-14-15-12(17-11)9-5-3-4-6-10(9)16-2/h3-6,13H,7-8H2,1-2H3. The number of nitrogens with one attached hydrogen (secondary N) is 1. The van der Waals surface area contributed by atoms with Crippen LogP contribution in [0.1, 0.15) is 5.01 Å². The molecule has 17 heavy (non-hydrogen) atoms. The van der Waals surface area contributed by atoms with Crippen molar-refractivity contribution in [2.75, 3.05) is 20.7 Å². The molecular weight excluding hydrogens is 234 g/mol. The minimum Gasteiger partial charge on any atom is -0.496 e. The third-order valence-electron chi connectivity index (χ3n) is 2.39. The molecule has 90 valence electrons. The summed E-state index contributed by atoms with van der Waals surface area (Å²) in [6.07, 6.45) is 0.906. The van der Waals surface area contributed by atoms with E-state index in [0.29, 0.717) is 0 Å². The molecule has 0 aliphatic heterocycles. The number of hydrogen-bond donors (Lipinski definition) is 1. The van der Waals surface area contributed by atoms with E-state index >= 15 is 0 Å². The van der Waals surface area contributed by atoms with Crippen LogP contribution in [0.4, 0.5) is 0 Å². The molecule has 2 rings (SSSR count). The highest BCUT2D eigenvalue weighted by molar-refractivity contribution is 7.14. The number of likely N-dealkylation sites (N-methyl/N-ethyl adjacent to an activating group) is 1. The Morgan fingerprint density at radius 1 is 1.29 bits per heavy atom. The van der Waals surface area contributed by atoms with Gasteiger partial charge in [0, 0.05) is 13.0 Å². The lowest BCUT2D eigenvalue weighted by atomic mass is 10.2. The van der Waals surface area contributed by atoms with Gasteiger partial charge in [0.25, 0.3) is 0 Å². The van der Waals surface area contributed by atoms with Crippen LogP contribution in [0.2, 0.25) is 0 Å². The number of ether oxygens (including phenoxy) is 1. The molecule has 0 aliphatic rings. The molecular formula is C12H15N3OS. The average Bonchev–Trinajstić information content (AvgIpc) is 2.85. The van der Waals surface area contributed by atoms with Crippen molar-refractivity contribution in [1.82, 2.24) is 15.5 Å². The molecule has 0 saturated heterocycles. The molecule has 0 atom stereocenters. The molecule has 1 aromatic heterocycles. The molecule has 0 bridgehead atoms. The summed E-state index contributed by atoms with van der Waals surface area (Å²) in [5.74, 6) is 0.837. The van der Waals surface area contributed by atoms with Crippen LogP contribution in [0.5, 0.6) is 5.75 Å². The maximum atomic E-state index is 5.32. The Bertz CT molecular complexity index is 484. The maximum Gasteiger partial charge on any atom is 0.151 e. The van der Waals surface area contributed by atoms with Gasteiger partial charge in [-0.15, -0.1) is 10.2 Å². The average molecular weight is 249 g/mol. The lowest BCUT2D eigenvalue weighted by molar-refractivity contribution is 0.416. The molecule has 0 saturated carbocycles. The number of benzene rings is 1. The van der Waals surface area contributed by atoms with Crippen molar-refractivity contribution < 1.29 is 4.74 Å². The first kappa shape index (κ1) is 12.0.